The normalized spacial score (nSPS) is 10.9. The SMILES string of the molecule is CCc1cc(C(=O)NC(CC)(CC)CN)n[nH]1.Cl. The molecule has 5 nitrogen and oxygen atoms in total. The molecule has 0 spiro atoms. The van der Waals surface area contributed by atoms with Crippen molar-refractivity contribution in [3.05, 3.63) is 17.5 Å². The molecule has 0 aliphatic carbocycles. The Balaban J connectivity index is 0.00000289. The van der Waals surface area contributed by atoms with Crippen molar-refractivity contribution in [2.45, 2.75) is 45.6 Å². The Morgan fingerprint density at radius 1 is 1.44 bits per heavy atom. The monoisotopic (exact) mass is 274 g/mol. The quantitative estimate of drug-likeness (QED) is 0.737. The predicted molar refractivity (Wildman–Crippen MR) is 75.0 cm³/mol. The third-order valence-corrected chi connectivity index (χ3v) is 3.37. The van der Waals surface area contributed by atoms with Crippen LogP contribution in [0, 0.1) is 0 Å². The van der Waals surface area contributed by atoms with Crippen LogP contribution in [0.4, 0.5) is 0 Å². The van der Waals surface area contributed by atoms with Gasteiger partial charge in [0.15, 0.2) is 0 Å². The number of aromatic amines is 1. The van der Waals surface area contributed by atoms with E-state index < -0.39 is 0 Å². The Bertz CT molecular complexity index is 366. The van der Waals surface area contributed by atoms with Gasteiger partial charge in [-0.3, -0.25) is 9.89 Å². The smallest absolute Gasteiger partial charge is 0.272 e. The number of aryl methyl sites for hydroxylation is 1. The summed E-state index contributed by atoms with van der Waals surface area (Å²) in [4.78, 5) is 12.0. The van der Waals surface area contributed by atoms with Crippen LogP contribution in [0.5, 0.6) is 0 Å². The zero-order chi connectivity index (χ0) is 12.9. The number of nitrogens with one attached hydrogen (secondary N) is 2. The fourth-order valence-electron chi connectivity index (χ4n) is 1.73. The van der Waals surface area contributed by atoms with Crippen molar-refractivity contribution in [3.8, 4) is 0 Å². The summed E-state index contributed by atoms with van der Waals surface area (Å²) >= 11 is 0. The molecule has 0 fully saturated rings. The lowest BCUT2D eigenvalue weighted by molar-refractivity contribution is 0.0890. The summed E-state index contributed by atoms with van der Waals surface area (Å²) in [5.41, 5.74) is 6.82. The molecule has 104 valence electrons. The molecule has 0 unspecified atom stereocenters. The van der Waals surface area contributed by atoms with E-state index in [0.717, 1.165) is 25.0 Å². The molecule has 1 aromatic rings. The first-order valence-corrected chi connectivity index (χ1v) is 6.17. The van der Waals surface area contributed by atoms with Crippen molar-refractivity contribution in [1.82, 2.24) is 15.5 Å². The first-order chi connectivity index (χ1) is 8.10. The number of hydrogen-bond donors (Lipinski definition) is 3. The van der Waals surface area contributed by atoms with Crippen molar-refractivity contribution in [2.24, 2.45) is 5.73 Å². The molecule has 0 atom stereocenters. The van der Waals surface area contributed by atoms with Crippen LogP contribution >= 0.6 is 12.4 Å². The topological polar surface area (TPSA) is 83.8 Å². The number of nitrogens with zero attached hydrogens (tertiary/aromatic N) is 1. The number of H-pyrrole nitrogens is 1. The highest BCUT2D eigenvalue weighted by molar-refractivity contribution is 5.92. The first-order valence-electron chi connectivity index (χ1n) is 6.17. The maximum atomic E-state index is 12.0. The van der Waals surface area contributed by atoms with Crippen molar-refractivity contribution in [2.75, 3.05) is 6.54 Å². The Labute approximate surface area is 114 Å². The average Bonchev–Trinajstić information content (AvgIpc) is 2.85. The highest BCUT2D eigenvalue weighted by Gasteiger charge is 2.27. The number of carbonyl (C=O) groups is 1. The number of amides is 1. The van der Waals surface area contributed by atoms with Gasteiger partial charge in [0, 0.05) is 12.2 Å². The summed E-state index contributed by atoms with van der Waals surface area (Å²) in [7, 11) is 0. The third kappa shape index (κ3) is 3.71. The molecular weight excluding hydrogens is 252 g/mol. The van der Waals surface area contributed by atoms with Gasteiger partial charge in [0.25, 0.3) is 5.91 Å². The summed E-state index contributed by atoms with van der Waals surface area (Å²) in [5.74, 6) is -0.157. The van der Waals surface area contributed by atoms with Crippen LogP contribution in [-0.2, 0) is 6.42 Å². The van der Waals surface area contributed by atoms with Crippen LogP contribution in [0.3, 0.4) is 0 Å². The van der Waals surface area contributed by atoms with E-state index >= 15 is 0 Å². The van der Waals surface area contributed by atoms with Gasteiger partial charge in [-0.25, -0.2) is 0 Å². The second-order valence-electron chi connectivity index (χ2n) is 4.28. The molecule has 0 aromatic carbocycles. The molecule has 1 amide bonds. The van der Waals surface area contributed by atoms with Gasteiger partial charge < -0.3 is 11.1 Å². The minimum Gasteiger partial charge on any atom is -0.344 e. The summed E-state index contributed by atoms with van der Waals surface area (Å²) < 4.78 is 0. The van der Waals surface area contributed by atoms with E-state index in [1.165, 1.54) is 0 Å². The molecule has 6 heteroatoms. The van der Waals surface area contributed by atoms with E-state index in [1.54, 1.807) is 6.07 Å². The van der Waals surface area contributed by atoms with Crippen LogP contribution in [0.25, 0.3) is 0 Å². The number of halogens is 1. The first kappa shape index (κ1) is 16.9. The van der Waals surface area contributed by atoms with E-state index in [-0.39, 0.29) is 23.9 Å². The molecule has 0 saturated carbocycles. The van der Waals surface area contributed by atoms with Gasteiger partial charge in [-0.15, -0.1) is 12.4 Å². The Hall–Kier alpha value is -1.07. The zero-order valence-corrected chi connectivity index (χ0v) is 12.1. The maximum absolute atomic E-state index is 12.0. The second-order valence-corrected chi connectivity index (χ2v) is 4.28. The van der Waals surface area contributed by atoms with E-state index in [2.05, 4.69) is 15.5 Å². The molecule has 1 aromatic heterocycles. The lowest BCUT2D eigenvalue weighted by atomic mass is 9.93. The number of aromatic nitrogens is 2. The lowest BCUT2D eigenvalue weighted by Crippen LogP contribution is -2.52. The Morgan fingerprint density at radius 3 is 2.44 bits per heavy atom. The van der Waals surface area contributed by atoms with Gasteiger partial charge in [-0.1, -0.05) is 20.8 Å². The van der Waals surface area contributed by atoms with E-state index in [0.29, 0.717) is 12.2 Å². The molecule has 4 N–H and O–H groups in total. The van der Waals surface area contributed by atoms with Gasteiger partial charge >= 0.3 is 0 Å². The molecule has 1 rings (SSSR count). The Kier molecular flexibility index (Phi) is 6.94. The standard InChI is InChI=1S/C12H22N4O.ClH/c1-4-9-7-10(16-15-9)11(17)14-12(5-2,6-3)8-13;/h7H,4-6,8,13H2,1-3H3,(H,14,17)(H,15,16);1H. The second kappa shape index (κ2) is 7.38. The van der Waals surface area contributed by atoms with Gasteiger partial charge in [0.1, 0.15) is 5.69 Å². The van der Waals surface area contributed by atoms with Crippen molar-refractivity contribution >= 4 is 18.3 Å². The molecule has 0 aliphatic heterocycles. The van der Waals surface area contributed by atoms with E-state index in [1.807, 2.05) is 20.8 Å². The number of nitrogens with two attached hydrogens (primary N) is 1. The fourth-order valence-corrected chi connectivity index (χ4v) is 1.73. The maximum Gasteiger partial charge on any atom is 0.272 e. The number of hydrogen-bond acceptors (Lipinski definition) is 3. The summed E-state index contributed by atoms with van der Waals surface area (Å²) in [5, 5.41) is 9.82. The molecule has 0 radical (unpaired) electrons. The van der Waals surface area contributed by atoms with Crippen LogP contribution < -0.4 is 11.1 Å². The summed E-state index contributed by atoms with van der Waals surface area (Å²) in [6, 6.07) is 1.78. The van der Waals surface area contributed by atoms with E-state index in [4.69, 9.17) is 5.73 Å². The van der Waals surface area contributed by atoms with Gasteiger partial charge in [0.05, 0.1) is 5.54 Å². The fraction of sp³-hybridized carbons (Fsp3) is 0.667. The lowest BCUT2D eigenvalue weighted by Gasteiger charge is -2.31. The van der Waals surface area contributed by atoms with Crippen LogP contribution in [0.2, 0.25) is 0 Å². The summed E-state index contributed by atoms with van der Waals surface area (Å²) in [6.45, 7) is 6.51. The van der Waals surface area contributed by atoms with Crippen LogP contribution in [-0.4, -0.2) is 28.2 Å². The Morgan fingerprint density at radius 2 is 2.06 bits per heavy atom. The zero-order valence-electron chi connectivity index (χ0n) is 11.2. The van der Waals surface area contributed by atoms with E-state index in [9.17, 15) is 4.79 Å². The molecule has 18 heavy (non-hydrogen) atoms. The van der Waals surface area contributed by atoms with Crippen LogP contribution in [0.15, 0.2) is 6.07 Å². The van der Waals surface area contributed by atoms with Crippen molar-refractivity contribution < 1.29 is 4.79 Å². The highest BCUT2D eigenvalue weighted by atomic mass is 35.5. The largest absolute Gasteiger partial charge is 0.344 e. The van der Waals surface area contributed by atoms with Crippen LogP contribution in [0.1, 0.15) is 49.8 Å². The molecule has 0 bridgehead atoms. The minimum atomic E-state index is -0.317. The van der Waals surface area contributed by atoms with Gasteiger partial charge in [0.2, 0.25) is 0 Å². The molecule has 0 aliphatic rings. The highest BCUT2D eigenvalue weighted by Crippen LogP contribution is 2.14. The minimum absolute atomic E-state index is 0. The van der Waals surface area contributed by atoms with Gasteiger partial charge in [-0.2, -0.15) is 5.10 Å². The molecule has 1 heterocycles. The average molecular weight is 275 g/mol. The van der Waals surface area contributed by atoms with Crippen molar-refractivity contribution in [3.63, 3.8) is 0 Å². The molecular formula is C12H23ClN4O. The third-order valence-electron chi connectivity index (χ3n) is 3.37. The number of rotatable bonds is 6. The van der Waals surface area contributed by atoms with Gasteiger partial charge in [-0.05, 0) is 25.3 Å². The number of carbonyl (C=O) groups excluding carboxylic acids is 1. The van der Waals surface area contributed by atoms with Crippen molar-refractivity contribution in [1.29, 1.82) is 0 Å². The predicted octanol–water partition coefficient (Wildman–Crippen LogP) is 1.64. The molecule has 0 saturated heterocycles. The summed E-state index contributed by atoms with van der Waals surface area (Å²) in [6.07, 6.45) is 2.47.